The number of hydrogen-bond donors (Lipinski definition) is 1. The number of aryl methyl sites for hydroxylation is 1. The highest BCUT2D eigenvalue weighted by atomic mass is 32.1. The first-order valence-electron chi connectivity index (χ1n) is 7.45. The molecular weight excluding hydrogens is 300 g/mol. The Hall–Kier alpha value is -1.73. The van der Waals surface area contributed by atoms with Crippen molar-refractivity contribution in [3.8, 4) is 0 Å². The predicted octanol–water partition coefficient (Wildman–Crippen LogP) is 1.95. The second-order valence-electron chi connectivity index (χ2n) is 5.61. The minimum atomic E-state index is -0.239. The van der Waals surface area contributed by atoms with Crippen molar-refractivity contribution in [3.63, 3.8) is 0 Å². The van der Waals surface area contributed by atoms with Crippen molar-refractivity contribution in [1.82, 2.24) is 20.1 Å². The normalized spacial score (nSPS) is 20.1. The summed E-state index contributed by atoms with van der Waals surface area (Å²) >= 11 is 1.70. The van der Waals surface area contributed by atoms with Crippen LogP contribution in [0.4, 0.5) is 0 Å². The van der Waals surface area contributed by atoms with Crippen LogP contribution < -0.4 is 0 Å². The van der Waals surface area contributed by atoms with Crippen LogP contribution in [0.5, 0.6) is 0 Å². The molecule has 22 heavy (non-hydrogen) atoms. The number of nitrogens with one attached hydrogen (secondary N) is 1. The summed E-state index contributed by atoms with van der Waals surface area (Å²) in [6.45, 7) is 5.52. The molecule has 1 amide bonds. The number of rotatable bonds is 4. The van der Waals surface area contributed by atoms with Gasteiger partial charge in [-0.3, -0.25) is 9.89 Å². The van der Waals surface area contributed by atoms with Crippen LogP contribution >= 0.6 is 11.3 Å². The SMILES string of the molecule is Cc1nc([C@@H]2CN(C(=O)[C@@H](C)Cc3cccs3)CCO2)n[nH]1. The van der Waals surface area contributed by atoms with Crippen molar-refractivity contribution in [1.29, 1.82) is 0 Å². The third-order valence-electron chi connectivity index (χ3n) is 3.79. The molecule has 0 unspecified atom stereocenters. The summed E-state index contributed by atoms with van der Waals surface area (Å²) in [7, 11) is 0. The van der Waals surface area contributed by atoms with Crippen LogP contribution in [0.3, 0.4) is 0 Å². The van der Waals surface area contributed by atoms with E-state index < -0.39 is 0 Å². The van der Waals surface area contributed by atoms with E-state index in [0.29, 0.717) is 25.5 Å². The first kappa shape index (κ1) is 15.2. The van der Waals surface area contributed by atoms with Gasteiger partial charge >= 0.3 is 0 Å². The summed E-state index contributed by atoms with van der Waals surface area (Å²) in [4.78, 5) is 20.1. The van der Waals surface area contributed by atoms with Crippen LogP contribution in [0.25, 0.3) is 0 Å². The van der Waals surface area contributed by atoms with Gasteiger partial charge in [0.25, 0.3) is 0 Å². The van der Waals surface area contributed by atoms with Gasteiger partial charge in [-0.15, -0.1) is 11.3 Å². The van der Waals surface area contributed by atoms with Gasteiger partial charge in [0, 0.05) is 17.3 Å². The van der Waals surface area contributed by atoms with Gasteiger partial charge in [-0.2, -0.15) is 5.10 Å². The van der Waals surface area contributed by atoms with E-state index in [4.69, 9.17) is 4.74 Å². The third kappa shape index (κ3) is 3.36. The fraction of sp³-hybridized carbons (Fsp3) is 0.533. The molecule has 1 aliphatic rings. The van der Waals surface area contributed by atoms with E-state index in [2.05, 4.69) is 21.2 Å². The number of ether oxygens (including phenoxy) is 1. The summed E-state index contributed by atoms with van der Waals surface area (Å²) in [6, 6.07) is 4.10. The average molecular weight is 320 g/mol. The van der Waals surface area contributed by atoms with Gasteiger partial charge in [0.1, 0.15) is 11.9 Å². The Morgan fingerprint density at radius 1 is 1.64 bits per heavy atom. The highest BCUT2D eigenvalue weighted by molar-refractivity contribution is 7.09. The molecule has 7 heteroatoms. The molecule has 2 aromatic heterocycles. The average Bonchev–Trinajstić information content (AvgIpc) is 3.18. The lowest BCUT2D eigenvalue weighted by atomic mass is 10.0. The molecule has 3 heterocycles. The molecule has 1 fully saturated rings. The molecule has 0 saturated carbocycles. The van der Waals surface area contributed by atoms with Gasteiger partial charge in [0.2, 0.25) is 5.91 Å². The zero-order chi connectivity index (χ0) is 15.5. The molecule has 0 aromatic carbocycles. The lowest BCUT2D eigenvalue weighted by Crippen LogP contribution is -2.45. The lowest BCUT2D eigenvalue weighted by Gasteiger charge is -2.33. The monoisotopic (exact) mass is 320 g/mol. The molecule has 0 bridgehead atoms. The molecule has 1 N–H and O–H groups in total. The number of amides is 1. The molecule has 2 atom stereocenters. The van der Waals surface area contributed by atoms with E-state index in [1.54, 1.807) is 11.3 Å². The van der Waals surface area contributed by atoms with Gasteiger partial charge < -0.3 is 9.64 Å². The fourth-order valence-electron chi connectivity index (χ4n) is 2.64. The lowest BCUT2D eigenvalue weighted by molar-refractivity contribution is -0.143. The summed E-state index contributed by atoms with van der Waals surface area (Å²) in [5.41, 5.74) is 0. The van der Waals surface area contributed by atoms with Crippen molar-refractivity contribution in [3.05, 3.63) is 34.0 Å². The van der Waals surface area contributed by atoms with Crippen molar-refractivity contribution >= 4 is 17.2 Å². The summed E-state index contributed by atoms with van der Waals surface area (Å²) in [5.74, 6) is 1.54. The smallest absolute Gasteiger partial charge is 0.225 e. The number of aromatic nitrogens is 3. The Morgan fingerprint density at radius 2 is 2.50 bits per heavy atom. The Balaban J connectivity index is 1.62. The maximum absolute atomic E-state index is 12.6. The minimum absolute atomic E-state index is 0.0220. The summed E-state index contributed by atoms with van der Waals surface area (Å²) < 4.78 is 5.71. The molecule has 0 radical (unpaired) electrons. The molecule has 6 nitrogen and oxygen atoms in total. The van der Waals surface area contributed by atoms with E-state index in [0.717, 1.165) is 12.2 Å². The molecule has 3 rings (SSSR count). The van der Waals surface area contributed by atoms with Gasteiger partial charge in [-0.1, -0.05) is 13.0 Å². The van der Waals surface area contributed by atoms with Gasteiger partial charge in [0.05, 0.1) is 13.2 Å². The van der Waals surface area contributed by atoms with E-state index in [1.165, 1.54) is 4.88 Å². The number of carbonyl (C=O) groups excluding carboxylic acids is 1. The quantitative estimate of drug-likeness (QED) is 0.935. The Kier molecular flexibility index (Phi) is 4.54. The van der Waals surface area contributed by atoms with E-state index in [9.17, 15) is 4.79 Å². The van der Waals surface area contributed by atoms with Crippen LogP contribution in [0.2, 0.25) is 0 Å². The largest absolute Gasteiger partial charge is 0.366 e. The Morgan fingerprint density at radius 3 is 3.18 bits per heavy atom. The Bertz CT molecular complexity index is 625. The number of H-pyrrole nitrogens is 1. The van der Waals surface area contributed by atoms with Crippen LogP contribution in [0, 0.1) is 12.8 Å². The third-order valence-corrected chi connectivity index (χ3v) is 4.69. The first-order chi connectivity index (χ1) is 10.6. The molecule has 118 valence electrons. The van der Waals surface area contributed by atoms with E-state index in [1.807, 2.05) is 30.2 Å². The van der Waals surface area contributed by atoms with E-state index in [-0.39, 0.29) is 17.9 Å². The van der Waals surface area contributed by atoms with Crippen molar-refractivity contribution in [2.24, 2.45) is 5.92 Å². The van der Waals surface area contributed by atoms with Crippen molar-refractivity contribution in [2.45, 2.75) is 26.4 Å². The van der Waals surface area contributed by atoms with Crippen LogP contribution in [-0.4, -0.2) is 45.7 Å². The standard InChI is InChI=1S/C15H20N4O2S/c1-10(8-12-4-3-7-22-12)15(20)19-5-6-21-13(9-19)14-16-11(2)17-18-14/h3-4,7,10,13H,5-6,8-9H2,1-2H3,(H,16,17,18)/t10-,13-/m0/s1. The number of carbonyl (C=O) groups is 1. The van der Waals surface area contributed by atoms with Crippen molar-refractivity contribution < 1.29 is 9.53 Å². The zero-order valence-electron chi connectivity index (χ0n) is 12.8. The summed E-state index contributed by atoms with van der Waals surface area (Å²) in [5, 5.41) is 9.01. The number of thiophene rings is 1. The number of nitrogens with zero attached hydrogens (tertiary/aromatic N) is 3. The first-order valence-corrected chi connectivity index (χ1v) is 8.33. The minimum Gasteiger partial charge on any atom is -0.366 e. The predicted molar refractivity (Wildman–Crippen MR) is 83.6 cm³/mol. The molecule has 0 aliphatic carbocycles. The molecule has 1 saturated heterocycles. The summed E-state index contributed by atoms with van der Waals surface area (Å²) in [6.07, 6.45) is 0.551. The van der Waals surface area contributed by atoms with Crippen LogP contribution in [-0.2, 0) is 16.0 Å². The molecular formula is C15H20N4O2S. The second kappa shape index (κ2) is 6.58. The molecule has 0 spiro atoms. The van der Waals surface area contributed by atoms with Crippen LogP contribution in [0.15, 0.2) is 17.5 Å². The number of morpholine rings is 1. The van der Waals surface area contributed by atoms with Crippen molar-refractivity contribution in [2.75, 3.05) is 19.7 Å². The Labute approximate surface area is 133 Å². The maximum Gasteiger partial charge on any atom is 0.225 e. The number of hydrogen-bond acceptors (Lipinski definition) is 5. The second-order valence-corrected chi connectivity index (χ2v) is 6.64. The fourth-order valence-corrected chi connectivity index (χ4v) is 3.47. The zero-order valence-corrected chi connectivity index (χ0v) is 13.6. The van der Waals surface area contributed by atoms with Gasteiger partial charge in [-0.25, -0.2) is 4.98 Å². The van der Waals surface area contributed by atoms with E-state index >= 15 is 0 Å². The van der Waals surface area contributed by atoms with Gasteiger partial charge in [0.15, 0.2) is 5.82 Å². The topological polar surface area (TPSA) is 71.1 Å². The number of aromatic amines is 1. The molecule has 1 aliphatic heterocycles. The highest BCUT2D eigenvalue weighted by Gasteiger charge is 2.30. The maximum atomic E-state index is 12.6. The van der Waals surface area contributed by atoms with Crippen LogP contribution in [0.1, 0.15) is 29.6 Å². The van der Waals surface area contributed by atoms with Gasteiger partial charge in [-0.05, 0) is 24.8 Å². The highest BCUT2D eigenvalue weighted by Crippen LogP contribution is 2.22. The molecule has 2 aromatic rings.